The summed E-state index contributed by atoms with van der Waals surface area (Å²) in [5.41, 5.74) is 5.17. The number of alkyl halides is 1. The molecule has 2 unspecified atom stereocenters. The molecule has 3 N–H and O–H groups in total. The fourth-order valence-corrected chi connectivity index (χ4v) is 2.22. The van der Waals surface area contributed by atoms with Crippen molar-refractivity contribution in [3.05, 3.63) is 0 Å². The normalized spacial score (nSPS) is 39.5. The summed E-state index contributed by atoms with van der Waals surface area (Å²) >= 11 is 0. The maximum absolute atomic E-state index is 13.5. The number of piperidine rings is 1. The molecule has 12 heavy (non-hydrogen) atoms. The van der Waals surface area contributed by atoms with Crippen LogP contribution in [0.25, 0.3) is 0 Å². The molecule has 3 heteroatoms. The summed E-state index contributed by atoms with van der Waals surface area (Å²) in [6.45, 7) is 7.83. The van der Waals surface area contributed by atoms with E-state index in [9.17, 15) is 4.39 Å². The van der Waals surface area contributed by atoms with E-state index in [0.29, 0.717) is 6.42 Å². The summed E-state index contributed by atoms with van der Waals surface area (Å²) in [7, 11) is 0. The number of rotatable bonds is 0. The smallest absolute Gasteiger partial charge is 0.133 e. The molecule has 1 fully saturated rings. The van der Waals surface area contributed by atoms with Crippen molar-refractivity contribution in [2.75, 3.05) is 0 Å². The maximum Gasteiger partial charge on any atom is 0.133 e. The summed E-state index contributed by atoms with van der Waals surface area (Å²) in [5, 5.41) is 3.26. The van der Waals surface area contributed by atoms with E-state index in [0.717, 1.165) is 0 Å². The van der Waals surface area contributed by atoms with Crippen LogP contribution in [0.4, 0.5) is 4.39 Å². The van der Waals surface area contributed by atoms with Gasteiger partial charge in [0.1, 0.15) is 6.17 Å². The molecule has 1 aliphatic heterocycles. The highest BCUT2D eigenvalue weighted by Crippen LogP contribution is 2.29. The molecule has 0 aliphatic carbocycles. The Labute approximate surface area is 73.7 Å². The van der Waals surface area contributed by atoms with Crippen molar-refractivity contribution in [3.8, 4) is 0 Å². The van der Waals surface area contributed by atoms with Gasteiger partial charge in [0.2, 0.25) is 0 Å². The van der Waals surface area contributed by atoms with Gasteiger partial charge in [0.05, 0.1) is 0 Å². The minimum absolute atomic E-state index is 0.0501. The third-order valence-electron chi connectivity index (χ3n) is 2.47. The minimum atomic E-state index is -0.953. The maximum atomic E-state index is 13.5. The van der Waals surface area contributed by atoms with Gasteiger partial charge >= 0.3 is 0 Å². The lowest BCUT2D eigenvalue weighted by Gasteiger charge is -2.47. The largest absolute Gasteiger partial charge is 0.325 e. The molecule has 1 heterocycles. The van der Waals surface area contributed by atoms with Gasteiger partial charge < -0.3 is 11.1 Å². The Morgan fingerprint density at radius 2 is 1.83 bits per heavy atom. The molecular weight excluding hydrogens is 155 g/mol. The van der Waals surface area contributed by atoms with Crippen molar-refractivity contribution in [1.82, 2.24) is 5.32 Å². The molecule has 72 valence electrons. The van der Waals surface area contributed by atoms with Crippen LogP contribution in [-0.2, 0) is 0 Å². The molecule has 1 rings (SSSR count). The zero-order valence-electron chi connectivity index (χ0n) is 8.32. The molecule has 0 spiro atoms. The quantitative estimate of drug-likeness (QED) is 0.579. The highest BCUT2D eigenvalue weighted by molar-refractivity contribution is 5.04. The summed E-state index contributed by atoms with van der Waals surface area (Å²) in [6.07, 6.45) is -0.261. The first kappa shape index (κ1) is 9.93. The van der Waals surface area contributed by atoms with E-state index in [-0.39, 0.29) is 11.6 Å². The van der Waals surface area contributed by atoms with Crippen LogP contribution < -0.4 is 11.1 Å². The Hall–Kier alpha value is -0.150. The zero-order chi connectivity index (χ0) is 9.57. The van der Waals surface area contributed by atoms with Crippen LogP contribution in [0, 0.1) is 0 Å². The molecule has 0 bridgehead atoms. The Morgan fingerprint density at radius 3 is 2.25 bits per heavy atom. The van der Waals surface area contributed by atoms with E-state index in [4.69, 9.17) is 5.73 Å². The fraction of sp³-hybridized carbons (Fsp3) is 1.00. The highest BCUT2D eigenvalue weighted by atomic mass is 19.1. The first-order valence-corrected chi connectivity index (χ1v) is 4.44. The van der Waals surface area contributed by atoms with E-state index in [1.807, 2.05) is 13.8 Å². The second-order valence-corrected chi connectivity index (χ2v) is 5.00. The molecule has 0 amide bonds. The van der Waals surface area contributed by atoms with Crippen molar-refractivity contribution in [2.24, 2.45) is 5.73 Å². The number of nitrogens with two attached hydrogens (primary N) is 1. The van der Waals surface area contributed by atoms with Gasteiger partial charge in [-0.2, -0.15) is 0 Å². The first-order chi connectivity index (χ1) is 5.25. The summed E-state index contributed by atoms with van der Waals surface area (Å²) in [6, 6.07) is -0.337. The Bertz CT molecular complexity index is 177. The van der Waals surface area contributed by atoms with Gasteiger partial charge in [-0.05, 0) is 34.1 Å². The summed E-state index contributed by atoms with van der Waals surface area (Å²) < 4.78 is 13.5. The number of halogens is 1. The van der Waals surface area contributed by atoms with E-state index >= 15 is 0 Å². The molecule has 0 aromatic carbocycles. The fourth-order valence-electron chi connectivity index (χ4n) is 2.22. The lowest BCUT2D eigenvalue weighted by atomic mass is 9.78. The minimum Gasteiger partial charge on any atom is -0.325 e. The van der Waals surface area contributed by atoms with Crippen LogP contribution in [0.15, 0.2) is 0 Å². The van der Waals surface area contributed by atoms with Gasteiger partial charge in [-0.1, -0.05) is 0 Å². The second kappa shape index (κ2) is 2.67. The van der Waals surface area contributed by atoms with Crippen molar-refractivity contribution in [2.45, 2.75) is 57.4 Å². The molecule has 2 atom stereocenters. The van der Waals surface area contributed by atoms with E-state index in [2.05, 4.69) is 19.2 Å². The van der Waals surface area contributed by atoms with Gasteiger partial charge in [-0.3, -0.25) is 0 Å². The van der Waals surface area contributed by atoms with Crippen LogP contribution in [0.1, 0.15) is 34.1 Å². The van der Waals surface area contributed by atoms with Gasteiger partial charge in [-0.25, -0.2) is 4.39 Å². The third-order valence-corrected chi connectivity index (χ3v) is 2.47. The van der Waals surface area contributed by atoms with Crippen molar-refractivity contribution >= 4 is 0 Å². The van der Waals surface area contributed by atoms with Gasteiger partial charge in [0, 0.05) is 17.1 Å². The highest BCUT2D eigenvalue weighted by Gasteiger charge is 2.44. The Kier molecular flexibility index (Phi) is 2.21. The van der Waals surface area contributed by atoms with Crippen LogP contribution in [0.5, 0.6) is 0 Å². The van der Waals surface area contributed by atoms with Gasteiger partial charge in [-0.15, -0.1) is 0 Å². The summed E-state index contributed by atoms with van der Waals surface area (Å²) in [5.74, 6) is 0. The molecule has 1 aliphatic rings. The summed E-state index contributed by atoms with van der Waals surface area (Å²) in [4.78, 5) is 0. The monoisotopic (exact) mass is 174 g/mol. The molecule has 0 aromatic rings. The lowest BCUT2D eigenvalue weighted by Crippen LogP contribution is -2.67. The molecule has 0 saturated carbocycles. The molecule has 1 saturated heterocycles. The van der Waals surface area contributed by atoms with Crippen molar-refractivity contribution in [3.63, 3.8) is 0 Å². The topological polar surface area (TPSA) is 38.0 Å². The third kappa shape index (κ3) is 1.77. The van der Waals surface area contributed by atoms with Crippen LogP contribution >= 0.6 is 0 Å². The Balaban J connectivity index is 2.80. The second-order valence-electron chi connectivity index (χ2n) is 5.00. The van der Waals surface area contributed by atoms with Gasteiger partial charge in [0.25, 0.3) is 0 Å². The van der Waals surface area contributed by atoms with Crippen LogP contribution in [0.2, 0.25) is 0 Å². The van der Waals surface area contributed by atoms with E-state index < -0.39 is 11.7 Å². The molecule has 0 aromatic heterocycles. The predicted octanol–water partition coefficient (Wildman–Crippen LogP) is 1.20. The average molecular weight is 174 g/mol. The Morgan fingerprint density at radius 1 is 1.33 bits per heavy atom. The van der Waals surface area contributed by atoms with Crippen molar-refractivity contribution in [1.29, 1.82) is 0 Å². The average Bonchev–Trinajstić information content (AvgIpc) is 1.79. The number of hydrogen-bond donors (Lipinski definition) is 2. The zero-order valence-corrected chi connectivity index (χ0v) is 8.32. The lowest BCUT2D eigenvalue weighted by molar-refractivity contribution is 0.0587. The first-order valence-electron chi connectivity index (χ1n) is 4.44. The molecule has 2 nitrogen and oxygen atoms in total. The van der Waals surface area contributed by atoms with Crippen molar-refractivity contribution < 1.29 is 4.39 Å². The van der Waals surface area contributed by atoms with E-state index in [1.54, 1.807) is 0 Å². The number of nitrogens with one attached hydrogen (secondary N) is 1. The van der Waals surface area contributed by atoms with E-state index in [1.165, 1.54) is 0 Å². The number of hydrogen-bond acceptors (Lipinski definition) is 2. The molecular formula is C9H19FN2. The van der Waals surface area contributed by atoms with Crippen LogP contribution in [0.3, 0.4) is 0 Å². The standard InChI is InChI=1S/C9H19FN2/c1-8(2)5-6(11)7(10)9(3,4)12-8/h6-7,12H,5,11H2,1-4H3. The SMILES string of the molecule is CC1(C)CC(N)C(F)C(C)(C)N1. The van der Waals surface area contributed by atoms with Gasteiger partial charge in [0.15, 0.2) is 0 Å². The van der Waals surface area contributed by atoms with Crippen LogP contribution in [-0.4, -0.2) is 23.3 Å². The molecule has 0 radical (unpaired) electrons. The predicted molar refractivity (Wildman–Crippen MR) is 48.8 cm³/mol.